The predicted octanol–water partition coefficient (Wildman–Crippen LogP) is 6.94. The maximum absolute atomic E-state index is 13.9. The molecule has 1 saturated heterocycles. The molecule has 1 aliphatic rings. The molecule has 1 aliphatic heterocycles. The molecule has 0 radical (unpaired) electrons. The van der Waals surface area contributed by atoms with E-state index in [9.17, 15) is 44.8 Å². The van der Waals surface area contributed by atoms with Gasteiger partial charge >= 0.3 is 18.4 Å². The first-order valence-electron chi connectivity index (χ1n) is 14.2. The zero-order valence-electron chi connectivity index (χ0n) is 25.2. The van der Waals surface area contributed by atoms with Gasteiger partial charge in [-0.15, -0.1) is 0 Å². The van der Waals surface area contributed by atoms with Crippen LogP contribution in [-0.4, -0.2) is 44.4 Å². The summed E-state index contributed by atoms with van der Waals surface area (Å²) >= 11 is 0. The number of carbonyl (C=O) groups is 1. The molecule has 0 spiro atoms. The summed E-state index contributed by atoms with van der Waals surface area (Å²) in [5.74, 6) is 0. The lowest BCUT2D eigenvalue weighted by atomic mass is 9.75. The fourth-order valence-electron chi connectivity index (χ4n) is 5.50. The number of rotatable bonds is 9. The van der Waals surface area contributed by atoms with E-state index in [1.54, 1.807) is 60.7 Å². The highest BCUT2D eigenvalue weighted by atomic mass is 32.2. The van der Waals surface area contributed by atoms with Crippen LogP contribution >= 0.6 is 0 Å². The minimum atomic E-state index is -5.07. The van der Waals surface area contributed by atoms with Gasteiger partial charge in [0.2, 0.25) is 10.0 Å². The van der Waals surface area contributed by atoms with Gasteiger partial charge in [-0.3, -0.25) is 4.90 Å². The lowest BCUT2D eigenvalue weighted by Gasteiger charge is -2.51. The van der Waals surface area contributed by atoms with Crippen molar-refractivity contribution in [2.24, 2.45) is 0 Å². The van der Waals surface area contributed by atoms with Crippen LogP contribution in [0.2, 0.25) is 0 Å². The second-order valence-electron chi connectivity index (χ2n) is 11.4. The summed E-state index contributed by atoms with van der Waals surface area (Å²) in [6, 6.07) is 20.0. The van der Waals surface area contributed by atoms with Crippen molar-refractivity contribution in [3.05, 3.63) is 107 Å². The van der Waals surface area contributed by atoms with E-state index in [0.717, 1.165) is 11.2 Å². The first-order chi connectivity index (χ1) is 21.9. The molecule has 47 heavy (non-hydrogen) atoms. The average molecular weight is 684 g/mol. The fraction of sp³-hybridized carbons (Fsp3) is 0.375. The van der Waals surface area contributed by atoms with Gasteiger partial charge in [-0.25, -0.2) is 13.2 Å². The third-order valence-corrected chi connectivity index (χ3v) is 8.65. The van der Waals surface area contributed by atoms with E-state index in [1.807, 2.05) is 6.07 Å². The lowest BCUT2D eigenvalue weighted by molar-refractivity contribution is -0.143. The summed E-state index contributed by atoms with van der Waals surface area (Å²) < 4.78 is 120. The molecule has 0 aliphatic carbocycles. The number of benzene rings is 3. The van der Waals surface area contributed by atoms with Crippen LogP contribution in [-0.2, 0) is 44.0 Å². The normalized spacial score (nSPS) is 21.1. The van der Waals surface area contributed by atoms with Gasteiger partial charge in [0, 0.05) is 0 Å². The van der Waals surface area contributed by atoms with Gasteiger partial charge in [0.05, 0.1) is 48.2 Å². The first-order valence-corrected chi connectivity index (χ1v) is 16.1. The summed E-state index contributed by atoms with van der Waals surface area (Å²) in [4.78, 5) is 15.0. The van der Waals surface area contributed by atoms with Crippen molar-refractivity contribution in [1.29, 1.82) is 5.26 Å². The fourth-order valence-corrected chi connectivity index (χ4v) is 6.42. The van der Waals surface area contributed by atoms with E-state index >= 15 is 0 Å². The third-order valence-electron chi connectivity index (χ3n) is 7.89. The summed E-state index contributed by atoms with van der Waals surface area (Å²) in [6.07, 6.45) is -11.8. The number of ether oxygens (including phenoxy) is 2. The van der Waals surface area contributed by atoms with Gasteiger partial charge in [0.25, 0.3) is 0 Å². The van der Waals surface area contributed by atoms with Crippen LogP contribution in [0.25, 0.3) is 0 Å². The van der Waals surface area contributed by atoms with Crippen molar-refractivity contribution in [1.82, 2.24) is 9.62 Å². The molecular formula is C32H31F6N3O5S. The number of nitrogens with zero attached hydrogens (tertiary/aromatic N) is 2. The minimum absolute atomic E-state index is 0.0174. The Morgan fingerprint density at radius 3 is 2.02 bits per heavy atom. The van der Waals surface area contributed by atoms with Crippen molar-refractivity contribution >= 4 is 16.1 Å². The number of sulfonamides is 1. The Labute approximate surface area is 267 Å². The van der Waals surface area contributed by atoms with Gasteiger partial charge in [0.15, 0.2) is 0 Å². The first kappa shape index (κ1) is 35.7. The smallest absolute Gasteiger partial charge is 0.416 e. The SMILES string of the molecule is C[C@@H](OC[C@@]1(c2ccccc2)CC[C@](C#N)(NS(C)(=O)=O)CN1C(=O)OCc1ccccc1)c1cc(C(F)(F)F)cc(C(F)(F)F)c1. The minimum Gasteiger partial charge on any atom is -0.445 e. The highest BCUT2D eigenvalue weighted by molar-refractivity contribution is 7.88. The Morgan fingerprint density at radius 1 is 0.957 bits per heavy atom. The van der Waals surface area contributed by atoms with E-state index in [0.29, 0.717) is 23.3 Å². The molecule has 8 nitrogen and oxygen atoms in total. The maximum Gasteiger partial charge on any atom is 0.416 e. The second-order valence-corrected chi connectivity index (χ2v) is 13.1. The number of nitrogens with one attached hydrogen (secondary N) is 1. The molecule has 3 aromatic rings. The molecule has 0 aromatic heterocycles. The van der Waals surface area contributed by atoms with Gasteiger partial charge < -0.3 is 9.47 Å². The molecule has 0 saturated carbocycles. The van der Waals surface area contributed by atoms with E-state index in [-0.39, 0.29) is 25.5 Å². The molecule has 3 aromatic carbocycles. The Bertz CT molecular complexity index is 1680. The van der Waals surface area contributed by atoms with Gasteiger partial charge in [-0.2, -0.15) is 36.3 Å². The number of nitriles is 1. The molecule has 1 heterocycles. The van der Waals surface area contributed by atoms with Crippen LogP contribution in [0.1, 0.15) is 53.7 Å². The van der Waals surface area contributed by atoms with Crippen LogP contribution in [0.15, 0.2) is 78.9 Å². The van der Waals surface area contributed by atoms with E-state index in [2.05, 4.69) is 4.72 Å². The Kier molecular flexibility index (Phi) is 10.3. The maximum atomic E-state index is 13.9. The van der Waals surface area contributed by atoms with Crippen LogP contribution in [0.3, 0.4) is 0 Å². The Morgan fingerprint density at radius 2 is 1.51 bits per heavy atom. The summed E-state index contributed by atoms with van der Waals surface area (Å²) in [7, 11) is -3.96. The van der Waals surface area contributed by atoms with Crippen molar-refractivity contribution in [2.75, 3.05) is 19.4 Å². The number of carbonyl (C=O) groups excluding carboxylic acids is 1. The number of halogens is 6. The standard InChI is InChI=1S/C32H31F6N3O5S/c1-22(24-15-26(31(33,34)35)17-27(16-24)32(36,37)38)46-21-30(25-11-7-4-8-12-25)14-13-29(19-39,40-47(2,43)44)20-41(30)28(42)45-18-23-9-5-3-6-10-23/h3-12,15-17,22,40H,13-14,18,20-21H2,1-2H3/t22-,29-,30-/m1/s1. The molecule has 252 valence electrons. The van der Waals surface area contributed by atoms with Crippen LogP contribution in [0, 0.1) is 11.3 Å². The van der Waals surface area contributed by atoms with Crippen LogP contribution in [0.5, 0.6) is 0 Å². The zero-order chi connectivity index (χ0) is 34.7. The van der Waals surface area contributed by atoms with Crippen LogP contribution in [0.4, 0.5) is 31.1 Å². The summed E-state index contributed by atoms with van der Waals surface area (Å²) in [5, 5.41) is 10.1. The number of piperidine rings is 1. The quantitative estimate of drug-likeness (QED) is 0.245. The molecule has 0 unspecified atom stereocenters. The van der Waals surface area contributed by atoms with Gasteiger partial charge in [0.1, 0.15) is 12.1 Å². The molecule has 15 heteroatoms. The third kappa shape index (κ3) is 8.62. The number of likely N-dealkylation sites (tertiary alicyclic amines) is 1. The molecule has 1 amide bonds. The topological polar surface area (TPSA) is 109 Å². The number of alkyl halides is 6. The monoisotopic (exact) mass is 683 g/mol. The van der Waals surface area contributed by atoms with Crippen molar-refractivity contribution in [3.63, 3.8) is 0 Å². The van der Waals surface area contributed by atoms with Crippen molar-refractivity contribution in [3.8, 4) is 6.07 Å². The predicted molar refractivity (Wildman–Crippen MR) is 158 cm³/mol. The molecule has 4 rings (SSSR count). The Hall–Kier alpha value is -4.13. The number of amides is 1. The van der Waals surface area contributed by atoms with Gasteiger partial charge in [-0.1, -0.05) is 60.7 Å². The lowest BCUT2D eigenvalue weighted by Crippen LogP contribution is -2.66. The van der Waals surface area contributed by atoms with Crippen molar-refractivity contribution in [2.45, 2.75) is 55.9 Å². The second kappa shape index (κ2) is 13.5. The number of hydrogen-bond acceptors (Lipinski definition) is 6. The average Bonchev–Trinajstić information content (AvgIpc) is 3.02. The Balaban J connectivity index is 1.76. The molecule has 3 atom stereocenters. The van der Waals surface area contributed by atoms with E-state index in [1.165, 1.54) is 6.92 Å². The number of hydrogen-bond donors (Lipinski definition) is 1. The highest BCUT2D eigenvalue weighted by Gasteiger charge is 2.53. The van der Waals surface area contributed by atoms with Crippen LogP contribution < -0.4 is 4.72 Å². The molecule has 1 fully saturated rings. The highest BCUT2D eigenvalue weighted by Crippen LogP contribution is 2.44. The molecule has 1 N–H and O–H groups in total. The largest absolute Gasteiger partial charge is 0.445 e. The summed E-state index contributed by atoms with van der Waals surface area (Å²) in [6.45, 7) is 0.108. The van der Waals surface area contributed by atoms with Crippen molar-refractivity contribution < 1.29 is 49.0 Å². The van der Waals surface area contributed by atoms with Gasteiger partial charge in [-0.05, 0) is 54.7 Å². The van der Waals surface area contributed by atoms with E-state index in [4.69, 9.17) is 9.47 Å². The molecular weight excluding hydrogens is 652 g/mol. The summed E-state index contributed by atoms with van der Waals surface area (Å²) in [5.41, 5.74) is -5.62. The molecule has 0 bridgehead atoms. The van der Waals surface area contributed by atoms with E-state index < -0.39 is 75.5 Å². The zero-order valence-corrected chi connectivity index (χ0v) is 26.0.